The van der Waals surface area contributed by atoms with Gasteiger partial charge in [-0.1, -0.05) is 30.3 Å². The molecule has 1 aromatic rings. The molecule has 0 aliphatic carbocycles. The number of carboxylic acid groups (broad SMARTS) is 1. The van der Waals surface area contributed by atoms with Crippen LogP contribution in [0.1, 0.15) is 46.6 Å². The number of aliphatic carboxylic acids is 1. The number of hydrogen-bond donors (Lipinski definition) is 4. The summed E-state index contributed by atoms with van der Waals surface area (Å²) in [6.07, 6.45) is -1.37. The molecular formula is C21H32N2O7. The molecule has 9 heteroatoms. The van der Waals surface area contributed by atoms with Crippen molar-refractivity contribution in [1.82, 2.24) is 5.32 Å². The summed E-state index contributed by atoms with van der Waals surface area (Å²) >= 11 is 0. The van der Waals surface area contributed by atoms with Crippen molar-refractivity contribution in [2.45, 2.75) is 70.9 Å². The molecule has 1 aromatic carbocycles. The van der Waals surface area contributed by atoms with Crippen molar-refractivity contribution in [2.75, 3.05) is 6.61 Å². The summed E-state index contributed by atoms with van der Waals surface area (Å²) in [5.74, 6) is -1.33. The molecule has 168 valence electrons. The number of hydrogen-bond acceptors (Lipinski definition) is 7. The van der Waals surface area contributed by atoms with Gasteiger partial charge in [0, 0.05) is 0 Å². The Morgan fingerprint density at radius 2 is 1.73 bits per heavy atom. The molecule has 0 radical (unpaired) electrons. The van der Waals surface area contributed by atoms with E-state index in [1.165, 1.54) is 13.8 Å². The standard InChI is InChI=1S/C21H32N2O7/c1-20(2,3)30-19(27)22-15(11-17(25)26)18(23-16(12-24)21(4,5)28)29-13-14-9-7-6-8-10-14/h6-10,15-16,24,28H,11-13H2,1-5H3,(H,22,27)(H,25,26)/t15-,16+/m1/s1. The van der Waals surface area contributed by atoms with Crippen molar-refractivity contribution in [2.24, 2.45) is 4.99 Å². The van der Waals surface area contributed by atoms with Gasteiger partial charge in [-0.15, -0.1) is 0 Å². The monoisotopic (exact) mass is 424 g/mol. The Balaban J connectivity index is 3.21. The third-order valence-electron chi connectivity index (χ3n) is 3.87. The highest BCUT2D eigenvalue weighted by Gasteiger charge is 2.31. The van der Waals surface area contributed by atoms with Gasteiger partial charge in [-0.25, -0.2) is 9.79 Å². The van der Waals surface area contributed by atoms with E-state index in [9.17, 15) is 24.9 Å². The third-order valence-corrected chi connectivity index (χ3v) is 3.87. The first-order valence-electron chi connectivity index (χ1n) is 9.60. The van der Waals surface area contributed by atoms with Gasteiger partial charge >= 0.3 is 12.1 Å². The predicted octanol–water partition coefficient (Wildman–Crippen LogP) is 2.10. The summed E-state index contributed by atoms with van der Waals surface area (Å²) < 4.78 is 11.0. The topological polar surface area (TPSA) is 138 Å². The maximum atomic E-state index is 12.2. The molecule has 0 unspecified atom stereocenters. The van der Waals surface area contributed by atoms with E-state index in [0.717, 1.165) is 5.56 Å². The minimum absolute atomic E-state index is 0.0514. The van der Waals surface area contributed by atoms with Crippen LogP contribution >= 0.6 is 0 Å². The van der Waals surface area contributed by atoms with Crippen LogP contribution in [0.25, 0.3) is 0 Å². The molecule has 0 bridgehead atoms. The molecule has 9 nitrogen and oxygen atoms in total. The SMILES string of the molecule is CC(C)(C)OC(=O)N[C@H](CC(=O)O)C(=N[C@@H](CO)C(C)(C)O)OCc1ccccc1. The smallest absolute Gasteiger partial charge is 0.408 e. The van der Waals surface area contributed by atoms with Gasteiger partial charge in [-0.2, -0.15) is 0 Å². The summed E-state index contributed by atoms with van der Waals surface area (Å²) in [4.78, 5) is 27.9. The number of aliphatic imine (C=N–C) groups is 1. The average molecular weight is 424 g/mol. The van der Waals surface area contributed by atoms with E-state index in [1.807, 2.05) is 30.3 Å². The van der Waals surface area contributed by atoms with Gasteiger partial charge in [0.05, 0.1) is 18.6 Å². The number of alkyl carbamates (subject to hydrolysis) is 1. The number of rotatable bonds is 9. The van der Waals surface area contributed by atoms with Crippen LogP contribution in [0.4, 0.5) is 4.79 Å². The van der Waals surface area contributed by atoms with Crippen molar-refractivity contribution in [3.05, 3.63) is 35.9 Å². The number of aliphatic hydroxyl groups is 2. The molecule has 4 N–H and O–H groups in total. The minimum Gasteiger partial charge on any atom is -0.481 e. The Kier molecular flexibility index (Phi) is 9.25. The molecule has 0 aliphatic rings. The van der Waals surface area contributed by atoms with Crippen LogP contribution in [0, 0.1) is 0 Å². The van der Waals surface area contributed by atoms with Crippen molar-refractivity contribution in [3.8, 4) is 0 Å². The predicted molar refractivity (Wildman–Crippen MR) is 111 cm³/mol. The van der Waals surface area contributed by atoms with Gasteiger partial charge in [0.15, 0.2) is 0 Å². The van der Waals surface area contributed by atoms with Crippen LogP contribution in [0.5, 0.6) is 0 Å². The molecule has 0 saturated heterocycles. The second-order valence-corrected chi connectivity index (χ2v) is 8.39. The Morgan fingerprint density at radius 1 is 1.13 bits per heavy atom. The largest absolute Gasteiger partial charge is 0.481 e. The zero-order chi connectivity index (χ0) is 22.9. The second-order valence-electron chi connectivity index (χ2n) is 8.39. The van der Waals surface area contributed by atoms with Crippen molar-refractivity contribution < 1.29 is 34.4 Å². The molecule has 30 heavy (non-hydrogen) atoms. The van der Waals surface area contributed by atoms with E-state index in [0.29, 0.717) is 0 Å². The lowest BCUT2D eigenvalue weighted by Crippen LogP contribution is -2.47. The molecule has 0 aliphatic heterocycles. The van der Waals surface area contributed by atoms with Gasteiger partial charge in [0.25, 0.3) is 0 Å². The maximum absolute atomic E-state index is 12.2. The lowest BCUT2D eigenvalue weighted by atomic mass is 10.0. The maximum Gasteiger partial charge on any atom is 0.408 e. The first-order chi connectivity index (χ1) is 13.8. The minimum atomic E-state index is -1.41. The Labute approximate surface area is 176 Å². The zero-order valence-corrected chi connectivity index (χ0v) is 18.1. The highest BCUT2D eigenvalue weighted by Crippen LogP contribution is 2.15. The quantitative estimate of drug-likeness (QED) is 0.352. The van der Waals surface area contributed by atoms with E-state index in [2.05, 4.69) is 10.3 Å². The van der Waals surface area contributed by atoms with Crippen LogP contribution < -0.4 is 5.32 Å². The van der Waals surface area contributed by atoms with Crippen molar-refractivity contribution in [1.29, 1.82) is 0 Å². The molecule has 1 amide bonds. The Morgan fingerprint density at radius 3 is 2.20 bits per heavy atom. The number of carbonyl (C=O) groups is 2. The summed E-state index contributed by atoms with van der Waals surface area (Å²) in [5, 5.41) is 31.7. The molecule has 0 fully saturated rings. The molecule has 2 atom stereocenters. The fourth-order valence-corrected chi connectivity index (χ4v) is 2.36. The number of nitrogens with zero attached hydrogens (tertiary/aromatic N) is 1. The third kappa shape index (κ3) is 9.71. The Hall–Kier alpha value is -2.65. The van der Waals surface area contributed by atoms with E-state index >= 15 is 0 Å². The van der Waals surface area contributed by atoms with Gasteiger partial charge in [0.1, 0.15) is 24.3 Å². The van der Waals surface area contributed by atoms with Crippen LogP contribution in [0.15, 0.2) is 35.3 Å². The van der Waals surface area contributed by atoms with Crippen LogP contribution in [0.3, 0.4) is 0 Å². The molecule has 0 spiro atoms. The Bertz CT molecular complexity index is 721. The number of carboxylic acids is 1. The second kappa shape index (κ2) is 10.9. The van der Waals surface area contributed by atoms with Crippen molar-refractivity contribution >= 4 is 18.0 Å². The van der Waals surface area contributed by atoms with Crippen LogP contribution in [-0.4, -0.2) is 63.2 Å². The highest BCUT2D eigenvalue weighted by atomic mass is 16.6. The first-order valence-corrected chi connectivity index (χ1v) is 9.60. The molecule has 0 heterocycles. The van der Waals surface area contributed by atoms with E-state index in [-0.39, 0.29) is 12.5 Å². The van der Waals surface area contributed by atoms with E-state index in [1.54, 1.807) is 20.8 Å². The number of ether oxygens (including phenoxy) is 2. The first kappa shape index (κ1) is 25.4. The number of carbonyl (C=O) groups excluding carboxylic acids is 1. The number of aliphatic hydroxyl groups excluding tert-OH is 1. The molecule has 0 aromatic heterocycles. The van der Waals surface area contributed by atoms with Gasteiger partial charge in [-0.3, -0.25) is 4.79 Å². The van der Waals surface area contributed by atoms with Crippen LogP contribution in [0.2, 0.25) is 0 Å². The average Bonchev–Trinajstić information content (AvgIpc) is 2.59. The van der Waals surface area contributed by atoms with Gasteiger partial charge in [0.2, 0.25) is 5.90 Å². The molecular weight excluding hydrogens is 392 g/mol. The fourth-order valence-electron chi connectivity index (χ4n) is 2.36. The highest BCUT2D eigenvalue weighted by molar-refractivity contribution is 5.89. The summed E-state index contributed by atoms with van der Waals surface area (Å²) in [6, 6.07) is 6.92. The lowest BCUT2D eigenvalue weighted by Gasteiger charge is -2.28. The summed E-state index contributed by atoms with van der Waals surface area (Å²) in [7, 11) is 0. The zero-order valence-electron chi connectivity index (χ0n) is 18.1. The number of benzene rings is 1. The van der Waals surface area contributed by atoms with Crippen LogP contribution in [-0.2, 0) is 20.9 Å². The summed E-state index contributed by atoms with van der Waals surface area (Å²) in [5.41, 5.74) is -1.41. The molecule has 0 saturated carbocycles. The fraction of sp³-hybridized carbons (Fsp3) is 0.571. The lowest BCUT2D eigenvalue weighted by molar-refractivity contribution is -0.137. The summed E-state index contributed by atoms with van der Waals surface area (Å²) in [6.45, 7) is 7.49. The van der Waals surface area contributed by atoms with Gasteiger partial charge in [-0.05, 0) is 40.2 Å². The van der Waals surface area contributed by atoms with Crippen molar-refractivity contribution in [3.63, 3.8) is 0 Å². The normalized spacial score (nSPS) is 14.6. The number of amides is 1. The van der Waals surface area contributed by atoms with E-state index < -0.39 is 48.4 Å². The van der Waals surface area contributed by atoms with Gasteiger partial charge < -0.3 is 30.1 Å². The molecule has 1 rings (SSSR count). The number of nitrogens with one attached hydrogen (secondary N) is 1. The van der Waals surface area contributed by atoms with E-state index in [4.69, 9.17) is 9.47 Å².